The summed E-state index contributed by atoms with van der Waals surface area (Å²) in [7, 11) is 0. The molecule has 4 saturated heterocycles. The van der Waals surface area contributed by atoms with Crippen LogP contribution in [0.15, 0.2) is 72.8 Å². The van der Waals surface area contributed by atoms with Crippen molar-refractivity contribution in [3.05, 3.63) is 117 Å². The van der Waals surface area contributed by atoms with Crippen LogP contribution in [0.2, 0.25) is 0 Å². The number of amides is 9. The average Bonchev–Trinajstić information content (AvgIpc) is 1.33. The largest absolute Gasteiger partial charge is 0.492 e. The molecule has 8 rings (SSSR count). The second kappa shape index (κ2) is 46.4. The summed E-state index contributed by atoms with van der Waals surface area (Å²) < 4.78 is 32.6. The first-order valence-corrected chi connectivity index (χ1v) is 44.1. The highest BCUT2D eigenvalue weighted by atomic mass is 32.2. The molecule has 4 fully saturated rings. The molecular formula is C79H105N11O14S8. The highest BCUT2D eigenvalue weighted by molar-refractivity contribution is 8.24. The third kappa shape index (κ3) is 26.4. The van der Waals surface area contributed by atoms with Gasteiger partial charge in [0.15, 0.2) is 0 Å². The van der Waals surface area contributed by atoms with Crippen molar-refractivity contribution in [1.29, 1.82) is 0 Å². The van der Waals surface area contributed by atoms with E-state index in [9.17, 15) is 38.4 Å². The molecule has 4 aromatic carbocycles. The maximum Gasteiger partial charge on any atom is 0.407 e. The van der Waals surface area contributed by atoms with Crippen LogP contribution in [0.25, 0.3) is 0 Å². The summed E-state index contributed by atoms with van der Waals surface area (Å²) in [6, 6.07) is 18.9. The van der Waals surface area contributed by atoms with E-state index in [2.05, 4.69) is 36.4 Å². The summed E-state index contributed by atoms with van der Waals surface area (Å²) in [5, 5.41) is 15.4. The first kappa shape index (κ1) is 90.3. The van der Waals surface area contributed by atoms with Gasteiger partial charge in [-0.15, -0.1) is 0 Å². The lowest BCUT2D eigenvalue weighted by Crippen LogP contribution is -2.49. The van der Waals surface area contributed by atoms with Crippen LogP contribution in [0.3, 0.4) is 0 Å². The van der Waals surface area contributed by atoms with Crippen LogP contribution in [-0.4, -0.2) is 253 Å². The van der Waals surface area contributed by atoms with Crippen LogP contribution < -0.4 is 45.5 Å². The van der Waals surface area contributed by atoms with Gasteiger partial charge in [0, 0.05) is 121 Å². The zero-order valence-electron chi connectivity index (χ0n) is 65.0. The molecule has 33 heteroatoms. The minimum absolute atomic E-state index is 0.0420. The lowest BCUT2D eigenvalue weighted by atomic mass is 10.0. The summed E-state index contributed by atoms with van der Waals surface area (Å²) in [5.74, 6) is -0.413. The molecule has 4 aliphatic rings. The molecule has 5 N–H and O–H groups in total. The Balaban J connectivity index is 1.14. The lowest BCUT2D eigenvalue weighted by Gasteiger charge is -2.31. The number of hydrogen-bond donors (Lipinski definition) is 5. The molecule has 25 nitrogen and oxygen atoms in total. The molecule has 0 bridgehead atoms. The SMILES string of the molecule is CCCCOc1c(C(=O)NCCN(CCNC(=O)c2cccc(C(=O)N3CCSC3=S)c2OCCCC)CCN(CCNC(=O)c2cccc(C(=O)N3CCSC3=S)c2OCCCC)CC(CCCCNC(=O)OC(C)(C)C)NC(=O)c2cccc(C(=O)N3CCSC3=S)c2OCCCC)cccc1C(=O)N1CCSC1=S. The minimum atomic E-state index is -0.732. The van der Waals surface area contributed by atoms with E-state index in [-0.39, 0.29) is 183 Å². The molecule has 1 atom stereocenters. The Morgan fingerprint density at radius 3 is 1.01 bits per heavy atom. The maximum absolute atomic E-state index is 15.3. The molecule has 4 aliphatic heterocycles. The number of hydrogen-bond acceptors (Lipinski definition) is 24. The Kier molecular flexibility index (Phi) is 37.4. The Bertz CT molecular complexity index is 3900. The quantitative estimate of drug-likeness (QED) is 0.0203. The van der Waals surface area contributed by atoms with Crippen molar-refractivity contribution in [3.63, 3.8) is 0 Å². The van der Waals surface area contributed by atoms with Crippen LogP contribution in [0, 0.1) is 0 Å². The molecular weight excluding hydrogens is 1580 g/mol. The number of alkyl carbamates (subject to hydrolysis) is 1. The number of carbonyl (C=O) groups is 9. The molecule has 0 aliphatic carbocycles. The summed E-state index contributed by atoms with van der Waals surface area (Å²) in [5.41, 5.74) is 0.667. The normalized spacial score (nSPS) is 14.6. The van der Waals surface area contributed by atoms with E-state index < -0.39 is 41.4 Å². The van der Waals surface area contributed by atoms with E-state index in [1.54, 1.807) is 93.6 Å². The first-order chi connectivity index (χ1) is 54.0. The molecule has 608 valence electrons. The van der Waals surface area contributed by atoms with Crippen molar-refractivity contribution >= 4 is 167 Å². The van der Waals surface area contributed by atoms with E-state index in [4.69, 9.17) is 72.6 Å². The van der Waals surface area contributed by atoms with Crippen molar-refractivity contribution in [2.75, 3.05) is 141 Å². The lowest BCUT2D eigenvalue weighted by molar-refractivity contribution is 0.0525. The molecule has 0 aromatic heterocycles. The van der Waals surface area contributed by atoms with Gasteiger partial charge in [0.05, 0.1) is 70.9 Å². The molecule has 9 amide bonds. The van der Waals surface area contributed by atoms with Crippen LogP contribution in [-0.2, 0) is 4.74 Å². The van der Waals surface area contributed by atoms with Gasteiger partial charge in [0.2, 0.25) is 0 Å². The predicted octanol–water partition coefficient (Wildman–Crippen LogP) is 12.0. The van der Waals surface area contributed by atoms with Gasteiger partial charge in [-0.25, -0.2) is 4.79 Å². The van der Waals surface area contributed by atoms with Gasteiger partial charge in [-0.2, -0.15) is 0 Å². The Labute approximate surface area is 696 Å². The van der Waals surface area contributed by atoms with Gasteiger partial charge >= 0.3 is 6.09 Å². The predicted molar refractivity (Wildman–Crippen MR) is 461 cm³/mol. The van der Waals surface area contributed by atoms with Crippen LogP contribution >= 0.6 is 95.9 Å². The molecule has 4 aromatic rings. The van der Waals surface area contributed by atoms with Gasteiger partial charge in [0.25, 0.3) is 47.3 Å². The molecule has 0 saturated carbocycles. The monoisotopic (exact) mass is 1690 g/mol. The molecule has 1 unspecified atom stereocenters. The highest BCUT2D eigenvalue weighted by Crippen LogP contribution is 2.35. The minimum Gasteiger partial charge on any atom is -0.492 e. The first-order valence-electron chi connectivity index (χ1n) is 38.5. The van der Waals surface area contributed by atoms with Crippen LogP contribution in [0.4, 0.5) is 4.79 Å². The third-order valence-electron chi connectivity index (χ3n) is 18.3. The topological polar surface area (TPSA) is 279 Å². The van der Waals surface area contributed by atoms with Gasteiger partial charge in [-0.05, 0) is 114 Å². The number of carbonyl (C=O) groups excluding carboxylic acids is 9. The number of para-hydroxylation sites is 4. The summed E-state index contributed by atoms with van der Waals surface area (Å²) in [6.07, 6.45) is 6.59. The van der Waals surface area contributed by atoms with E-state index in [1.165, 1.54) is 66.6 Å². The van der Waals surface area contributed by atoms with Gasteiger partial charge in [-0.3, -0.25) is 67.8 Å². The Morgan fingerprint density at radius 2 is 0.705 bits per heavy atom. The van der Waals surface area contributed by atoms with Crippen molar-refractivity contribution in [2.24, 2.45) is 0 Å². The molecule has 0 spiro atoms. The second-order valence-electron chi connectivity index (χ2n) is 27.8. The zero-order valence-corrected chi connectivity index (χ0v) is 71.5. The number of nitrogens with one attached hydrogen (secondary N) is 5. The fourth-order valence-electron chi connectivity index (χ4n) is 12.3. The molecule has 0 radical (unpaired) electrons. The van der Waals surface area contributed by atoms with Crippen molar-refractivity contribution < 1.29 is 66.8 Å². The summed E-state index contributed by atoms with van der Waals surface area (Å²) in [6.45, 7) is 17.7. The zero-order chi connectivity index (χ0) is 80.7. The Morgan fingerprint density at radius 1 is 0.402 bits per heavy atom. The van der Waals surface area contributed by atoms with E-state index in [0.29, 0.717) is 111 Å². The molecule has 112 heavy (non-hydrogen) atoms. The number of rotatable bonds is 44. The maximum atomic E-state index is 15.3. The summed E-state index contributed by atoms with van der Waals surface area (Å²) in [4.78, 5) is 139. The van der Waals surface area contributed by atoms with Crippen LogP contribution in [0.1, 0.15) is 202 Å². The Hall–Kier alpha value is -7.21. The van der Waals surface area contributed by atoms with Crippen LogP contribution in [0.5, 0.6) is 23.0 Å². The fraction of sp³-hybridized carbons (Fsp3) is 0.532. The van der Waals surface area contributed by atoms with Crippen molar-refractivity contribution in [3.8, 4) is 23.0 Å². The average molecular weight is 1690 g/mol. The smallest absolute Gasteiger partial charge is 0.407 e. The summed E-state index contributed by atoms with van der Waals surface area (Å²) >= 11 is 27.9. The number of benzene rings is 4. The highest BCUT2D eigenvalue weighted by Gasteiger charge is 2.35. The number of unbranched alkanes of at least 4 members (excludes halogenated alkanes) is 5. The van der Waals surface area contributed by atoms with Gasteiger partial charge in [-0.1, -0.05) is 174 Å². The number of ether oxygens (including phenoxy) is 5. The molecule has 4 heterocycles. The van der Waals surface area contributed by atoms with Crippen molar-refractivity contribution in [2.45, 2.75) is 131 Å². The number of thioether (sulfide) groups is 4. The van der Waals surface area contributed by atoms with E-state index in [1.807, 2.05) is 27.7 Å². The fourth-order valence-corrected chi connectivity index (χ4v) is 17.1. The van der Waals surface area contributed by atoms with Crippen molar-refractivity contribution in [1.82, 2.24) is 56.0 Å². The third-order valence-corrected chi connectivity index (χ3v) is 24.0. The number of thiocarbonyl (C=S) groups is 4. The van der Waals surface area contributed by atoms with Gasteiger partial charge < -0.3 is 50.3 Å². The van der Waals surface area contributed by atoms with E-state index >= 15 is 4.79 Å². The number of nitrogens with zero attached hydrogens (tertiary/aromatic N) is 6. The van der Waals surface area contributed by atoms with E-state index in [0.717, 1.165) is 25.7 Å². The standard InChI is InChI=1S/C79H105N11O14S8/c1-8-12-44-100-62-54(23-18-27-58(62)70(95)87-40-48-109-75(87)105)66(91)80-32-35-85(36-33-81-67(92)55-24-19-28-59(63(55)101-45-13-9-2)71(96)88-41-49-110-76(88)106)38-39-86(37-34-82-68(93)56-25-20-29-60(64(56)102-46-14-10-3)72(97)89-42-50-111-77(89)107)52-53(22-16-17-31-83-74(99)104-79(5,6)7)84-69(94)57-26-21-30-61(65(57)103-47-15-11-4)73(98)90-43-51-112-78(90)108/h18-21,23-30,53H,8-17,22,31-52H2,1-7H3,(H,80,91)(H,81,92)(H,82,93)(H,83,99)(H,84,94). The van der Waals surface area contributed by atoms with Gasteiger partial charge in [0.1, 0.15) is 45.9 Å². The second-order valence-corrected chi connectivity index (χ2v) is 34.7.